The molecule has 3 aromatic rings. The third kappa shape index (κ3) is 4.47. The van der Waals surface area contributed by atoms with Crippen LogP contribution < -0.4 is 10.9 Å². The van der Waals surface area contributed by atoms with Gasteiger partial charge in [-0.05, 0) is 41.2 Å². The Morgan fingerprint density at radius 1 is 1.00 bits per heavy atom. The van der Waals surface area contributed by atoms with Crippen LogP contribution in [0, 0.1) is 5.41 Å². The van der Waals surface area contributed by atoms with Crippen LogP contribution in [0.4, 0.5) is 0 Å². The van der Waals surface area contributed by atoms with Crippen molar-refractivity contribution < 1.29 is 9.59 Å². The van der Waals surface area contributed by atoms with Gasteiger partial charge in [0.1, 0.15) is 5.56 Å². The van der Waals surface area contributed by atoms with Gasteiger partial charge in [0.05, 0.1) is 6.04 Å². The Kier molecular flexibility index (Phi) is 5.54. The first-order valence-corrected chi connectivity index (χ1v) is 10.5. The maximum absolute atomic E-state index is 13.1. The van der Waals surface area contributed by atoms with Gasteiger partial charge < -0.3 is 10.3 Å². The summed E-state index contributed by atoms with van der Waals surface area (Å²) in [6.07, 6.45) is 0.965. The van der Waals surface area contributed by atoms with Gasteiger partial charge in [0.2, 0.25) is 0 Å². The van der Waals surface area contributed by atoms with Gasteiger partial charge in [-0.3, -0.25) is 14.4 Å². The first-order valence-electron chi connectivity index (χ1n) is 10.1. The Labute approximate surface area is 185 Å². The number of carbonyl (C=O) groups excluding carboxylic acids is 2. The van der Waals surface area contributed by atoms with E-state index in [1.165, 1.54) is 6.07 Å². The minimum absolute atomic E-state index is 0.0612. The number of amides is 1. The van der Waals surface area contributed by atoms with Gasteiger partial charge in [-0.2, -0.15) is 0 Å². The summed E-state index contributed by atoms with van der Waals surface area (Å²) in [6, 6.07) is 17.6. The molecule has 1 aromatic heterocycles. The van der Waals surface area contributed by atoms with Gasteiger partial charge in [-0.1, -0.05) is 67.9 Å². The Morgan fingerprint density at radius 3 is 2.32 bits per heavy atom. The standard InChI is InChI=1S/C25H23ClN2O3/c1-25(2)13-20-18(21(29)14-25)12-19(23(30)27-20)24(31)28-22(15-6-4-3-5-7-15)16-8-10-17(26)11-9-16/h3-12,22H,13-14H2,1-2H3,(H,27,30)(H,28,31). The summed E-state index contributed by atoms with van der Waals surface area (Å²) in [5.41, 5.74) is 1.93. The molecule has 0 spiro atoms. The van der Waals surface area contributed by atoms with Crippen molar-refractivity contribution in [1.82, 2.24) is 10.3 Å². The predicted molar refractivity (Wildman–Crippen MR) is 121 cm³/mol. The summed E-state index contributed by atoms with van der Waals surface area (Å²) in [4.78, 5) is 41.2. The molecule has 0 fully saturated rings. The molecular weight excluding hydrogens is 412 g/mol. The zero-order valence-electron chi connectivity index (χ0n) is 17.4. The van der Waals surface area contributed by atoms with E-state index in [0.717, 1.165) is 11.1 Å². The second-order valence-corrected chi connectivity index (χ2v) is 9.15. The normalized spacial score (nSPS) is 15.8. The fourth-order valence-electron chi connectivity index (χ4n) is 4.07. The fraction of sp³-hybridized carbons (Fsp3) is 0.240. The van der Waals surface area contributed by atoms with E-state index in [2.05, 4.69) is 10.3 Å². The molecule has 158 valence electrons. The Hall–Kier alpha value is -3.18. The molecule has 0 aliphatic heterocycles. The summed E-state index contributed by atoms with van der Waals surface area (Å²) < 4.78 is 0. The smallest absolute Gasteiger partial charge is 0.261 e. The average molecular weight is 435 g/mol. The van der Waals surface area contributed by atoms with Crippen molar-refractivity contribution in [2.45, 2.75) is 32.7 Å². The lowest BCUT2D eigenvalue weighted by molar-refractivity contribution is 0.0910. The molecule has 1 amide bonds. The number of ketones is 1. The van der Waals surface area contributed by atoms with Crippen LogP contribution in [0.15, 0.2) is 65.5 Å². The molecule has 1 unspecified atom stereocenters. The van der Waals surface area contributed by atoms with Gasteiger partial charge in [0.25, 0.3) is 11.5 Å². The van der Waals surface area contributed by atoms with E-state index >= 15 is 0 Å². The number of aromatic amines is 1. The highest BCUT2D eigenvalue weighted by atomic mass is 35.5. The molecule has 31 heavy (non-hydrogen) atoms. The second kappa shape index (κ2) is 8.16. The number of benzene rings is 2. The summed E-state index contributed by atoms with van der Waals surface area (Å²) >= 11 is 6.02. The number of halogens is 1. The molecule has 0 saturated heterocycles. The predicted octanol–water partition coefficient (Wildman–Crippen LogP) is 4.70. The number of carbonyl (C=O) groups is 2. The number of hydrogen-bond donors (Lipinski definition) is 2. The minimum Gasteiger partial charge on any atom is -0.341 e. The lowest BCUT2D eigenvalue weighted by atomic mass is 9.75. The van der Waals surface area contributed by atoms with Gasteiger partial charge in [0.15, 0.2) is 5.78 Å². The number of aromatic nitrogens is 1. The highest BCUT2D eigenvalue weighted by Crippen LogP contribution is 2.33. The quantitative estimate of drug-likeness (QED) is 0.624. The molecule has 0 saturated carbocycles. The van der Waals surface area contributed by atoms with Crippen LogP contribution in [-0.2, 0) is 6.42 Å². The number of fused-ring (bicyclic) bond motifs is 1. The molecule has 6 heteroatoms. The average Bonchev–Trinajstić information content (AvgIpc) is 2.72. The van der Waals surface area contributed by atoms with E-state index in [-0.39, 0.29) is 16.8 Å². The van der Waals surface area contributed by atoms with E-state index < -0.39 is 17.5 Å². The van der Waals surface area contributed by atoms with Crippen LogP contribution in [-0.4, -0.2) is 16.7 Å². The molecule has 1 heterocycles. The molecule has 0 radical (unpaired) electrons. The third-order valence-electron chi connectivity index (χ3n) is 5.57. The van der Waals surface area contributed by atoms with E-state index in [1.807, 2.05) is 56.3 Å². The van der Waals surface area contributed by atoms with Crippen LogP contribution in [0.5, 0.6) is 0 Å². The van der Waals surface area contributed by atoms with Crippen LogP contribution in [0.1, 0.15) is 63.8 Å². The molecule has 0 bridgehead atoms. The zero-order chi connectivity index (χ0) is 22.2. The summed E-state index contributed by atoms with van der Waals surface area (Å²) in [6.45, 7) is 3.98. The zero-order valence-corrected chi connectivity index (χ0v) is 18.1. The van der Waals surface area contributed by atoms with Gasteiger partial charge in [-0.25, -0.2) is 0 Å². The highest BCUT2D eigenvalue weighted by molar-refractivity contribution is 6.30. The van der Waals surface area contributed by atoms with Crippen molar-refractivity contribution >= 4 is 23.3 Å². The summed E-state index contributed by atoms with van der Waals surface area (Å²) in [5.74, 6) is -0.598. The van der Waals surface area contributed by atoms with Crippen LogP contribution >= 0.6 is 11.6 Å². The topological polar surface area (TPSA) is 79.0 Å². The molecular formula is C25H23ClN2O3. The van der Waals surface area contributed by atoms with Crippen molar-refractivity contribution in [3.63, 3.8) is 0 Å². The Morgan fingerprint density at radius 2 is 1.65 bits per heavy atom. The molecule has 1 aliphatic carbocycles. The molecule has 1 atom stereocenters. The SMILES string of the molecule is CC1(C)CC(=O)c2cc(C(=O)NC(c3ccccc3)c3ccc(Cl)cc3)c(=O)[nH]c2C1. The van der Waals surface area contributed by atoms with Gasteiger partial charge >= 0.3 is 0 Å². The number of rotatable bonds is 4. The number of pyridine rings is 1. The first-order chi connectivity index (χ1) is 14.7. The second-order valence-electron chi connectivity index (χ2n) is 8.71. The van der Waals surface area contributed by atoms with Crippen LogP contribution in [0.2, 0.25) is 5.02 Å². The Bertz CT molecular complexity index is 1200. The monoisotopic (exact) mass is 434 g/mol. The molecule has 4 rings (SSSR count). The minimum atomic E-state index is -0.537. The first kappa shape index (κ1) is 21.1. The molecule has 5 nitrogen and oxygen atoms in total. The summed E-state index contributed by atoms with van der Waals surface area (Å²) in [5, 5.41) is 3.54. The molecule has 2 aromatic carbocycles. The fourth-order valence-corrected chi connectivity index (χ4v) is 4.19. The summed E-state index contributed by atoms with van der Waals surface area (Å²) in [7, 11) is 0. The lowest BCUT2D eigenvalue weighted by Crippen LogP contribution is -2.36. The van der Waals surface area contributed by atoms with Crippen molar-refractivity contribution in [2.75, 3.05) is 0 Å². The van der Waals surface area contributed by atoms with Crippen LogP contribution in [0.3, 0.4) is 0 Å². The van der Waals surface area contributed by atoms with Gasteiger partial charge in [0, 0.05) is 22.7 Å². The third-order valence-corrected chi connectivity index (χ3v) is 5.83. The number of hydrogen-bond acceptors (Lipinski definition) is 3. The number of nitrogens with one attached hydrogen (secondary N) is 2. The van der Waals surface area contributed by atoms with E-state index in [9.17, 15) is 14.4 Å². The molecule has 1 aliphatic rings. The number of H-pyrrole nitrogens is 1. The maximum atomic E-state index is 13.1. The van der Waals surface area contributed by atoms with Crippen molar-refractivity contribution in [3.05, 3.63) is 104 Å². The van der Waals surface area contributed by atoms with Crippen molar-refractivity contribution in [2.24, 2.45) is 5.41 Å². The van der Waals surface area contributed by atoms with Crippen molar-refractivity contribution in [1.29, 1.82) is 0 Å². The highest BCUT2D eigenvalue weighted by Gasteiger charge is 2.33. The van der Waals surface area contributed by atoms with Crippen molar-refractivity contribution in [3.8, 4) is 0 Å². The van der Waals surface area contributed by atoms with E-state index in [1.54, 1.807) is 12.1 Å². The largest absolute Gasteiger partial charge is 0.341 e. The maximum Gasteiger partial charge on any atom is 0.261 e. The van der Waals surface area contributed by atoms with Gasteiger partial charge in [-0.15, -0.1) is 0 Å². The van der Waals surface area contributed by atoms with E-state index in [4.69, 9.17) is 11.6 Å². The Balaban J connectivity index is 1.70. The number of Topliss-reactive ketones (excluding diaryl/α,β-unsaturated/α-hetero) is 1. The van der Waals surface area contributed by atoms with Crippen LogP contribution in [0.25, 0.3) is 0 Å². The lowest BCUT2D eigenvalue weighted by Gasteiger charge is -2.29. The molecule has 2 N–H and O–H groups in total. The van der Waals surface area contributed by atoms with E-state index in [0.29, 0.717) is 29.1 Å².